The van der Waals surface area contributed by atoms with Crippen LogP contribution in [0, 0.1) is 0 Å². The number of nitrogens with zero attached hydrogens (tertiary/aromatic N) is 2. The summed E-state index contributed by atoms with van der Waals surface area (Å²) in [6, 6.07) is 6.83. The summed E-state index contributed by atoms with van der Waals surface area (Å²) in [5, 5.41) is 0.795. The van der Waals surface area contributed by atoms with Gasteiger partial charge in [-0.2, -0.15) is 0 Å². The maximum atomic E-state index is 6.41. The van der Waals surface area contributed by atoms with Gasteiger partial charge < -0.3 is 10.6 Å². The van der Waals surface area contributed by atoms with Crippen LogP contribution in [0.15, 0.2) is 18.2 Å². The van der Waals surface area contributed by atoms with Crippen LogP contribution in [-0.2, 0) is 0 Å². The van der Waals surface area contributed by atoms with Gasteiger partial charge in [-0.1, -0.05) is 24.6 Å². The van der Waals surface area contributed by atoms with E-state index in [1.54, 1.807) is 0 Å². The number of hydrogen-bond acceptors (Lipinski definition) is 3. The van der Waals surface area contributed by atoms with Crippen molar-refractivity contribution in [3.05, 3.63) is 28.8 Å². The Morgan fingerprint density at radius 3 is 2.85 bits per heavy atom. The highest BCUT2D eigenvalue weighted by atomic mass is 35.5. The van der Waals surface area contributed by atoms with Crippen molar-refractivity contribution in [2.75, 3.05) is 31.6 Å². The Balaban J connectivity index is 2.07. The summed E-state index contributed by atoms with van der Waals surface area (Å²) in [6.07, 6.45) is 2.59. The van der Waals surface area contributed by atoms with Crippen molar-refractivity contribution in [2.45, 2.75) is 38.8 Å². The van der Waals surface area contributed by atoms with Gasteiger partial charge in [0.1, 0.15) is 0 Å². The molecule has 1 saturated heterocycles. The number of likely N-dealkylation sites (N-methyl/N-ethyl adjacent to an activating group) is 2. The lowest BCUT2D eigenvalue weighted by atomic mass is 10.1. The smallest absolute Gasteiger partial charge is 0.0642 e. The van der Waals surface area contributed by atoms with Crippen molar-refractivity contribution in [3.63, 3.8) is 0 Å². The van der Waals surface area contributed by atoms with Crippen molar-refractivity contribution in [1.29, 1.82) is 0 Å². The van der Waals surface area contributed by atoms with Crippen molar-refractivity contribution in [1.82, 2.24) is 4.90 Å². The van der Waals surface area contributed by atoms with E-state index in [-0.39, 0.29) is 6.04 Å². The fourth-order valence-electron chi connectivity index (χ4n) is 3.05. The molecule has 1 aromatic rings. The van der Waals surface area contributed by atoms with Crippen LogP contribution < -0.4 is 10.6 Å². The van der Waals surface area contributed by atoms with Gasteiger partial charge in [-0.3, -0.25) is 4.90 Å². The zero-order valence-corrected chi connectivity index (χ0v) is 13.5. The molecule has 0 aliphatic carbocycles. The monoisotopic (exact) mass is 295 g/mol. The van der Waals surface area contributed by atoms with Crippen LogP contribution in [-0.4, -0.2) is 37.6 Å². The lowest BCUT2D eigenvalue weighted by Crippen LogP contribution is -2.38. The number of rotatable bonds is 5. The highest BCUT2D eigenvalue weighted by Gasteiger charge is 2.24. The normalized spacial score (nSPS) is 21.1. The second-order valence-electron chi connectivity index (χ2n) is 5.80. The second-order valence-corrected chi connectivity index (χ2v) is 6.21. The molecule has 0 spiro atoms. The van der Waals surface area contributed by atoms with E-state index in [0.717, 1.165) is 29.4 Å². The number of nitrogens with two attached hydrogens (primary N) is 1. The molecule has 0 saturated carbocycles. The summed E-state index contributed by atoms with van der Waals surface area (Å²) >= 11 is 6.41. The van der Waals surface area contributed by atoms with E-state index in [4.69, 9.17) is 17.3 Å². The van der Waals surface area contributed by atoms with Gasteiger partial charge in [0.2, 0.25) is 0 Å². The van der Waals surface area contributed by atoms with Crippen LogP contribution in [0.2, 0.25) is 5.02 Å². The first kappa shape index (κ1) is 15.6. The quantitative estimate of drug-likeness (QED) is 0.905. The van der Waals surface area contributed by atoms with Gasteiger partial charge in [-0.05, 0) is 50.6 Å². The van der Waals surface area contributed by atoms with Gasteiger partial charge in [0.25, 0.3) is 0 Å². The van der Waals surface area contributed by atoms with E-state index in [9.17, 15) is 0 Å². The summed E-state index contributed by atoms with van der Waals surface area (Å²) in [6.45, 7) is 7.61. The van der Waals surface area contributed by atoms with Crippen LogP contribution in [0.1, 0.15) is 38.3 Å². The molecule has 2 N–H and O–H groups in total. The van der Waals surface area contributed by atoms with E-state index >= 15 is 0 Å². The Morgan fingerprint density at radius 1 is 1.50 bits per heavy atom. The minimum atomic E-state index is 0.0253. The topological polar surface area (TPSA) is 32.5 Å². The highest BCUT2D eigenvalue weighted by molar-refractivity contribution is 6.33. The maximum absolute atomic E-state index is 6.41. The molecule has 1 aliphatic heterocycles. The third kappa shape index (κ3) is 3.46. The number of anilines is 1. The van der Waals surface area contributed by atoms with Crippen LogP contribution in [0.3, 0.4) is 0 Å². The molecule has 1 heterocycles. The Hall–Kier alpha value is -0.770. The Morgan fingerprint density at radius 2 is 2.25 bits per heavy atom. The third-order valence-corrected chi connectivity index (χ3v) is 4.60. The molecule has 1 unspecified atom stereocenters. The van der Waals surface area contributed by atoms with E-state index in [0.29, 0.717) is 6.04 Å². The predicted octanol–water partition coefficient (Wildman–Crippen LogP) is 3.28. The highest BCUT2D eigenvalue weighted by Crippen LogP contribution is 2.29. The summed E-state index contributed by atoms with van der Waals surface area (Å²) < 4.78 is 0. The van der Waals surface area contributed by atoms with Gasteiger partial charge in [0.05, 0.1) is 10.7 Å². The molecule has 0 amide bonds. The average molecular weight is 296 g/mol. The van der Waals surface area contributed by atoms with E-state index in [2.05, 4.69) is 35.9 Å². The fraction of sp³-hybridized carbons (Fsp3) is 0.625. The van der Waals surface area contributed by atoms with E-state index in [1.807, 2.05) is 13.0 Å². The van der Waals surface area contributed by atoms with Gasteiger partial charge in [-0.25, -0.2) is 0 Å². The molecule has 1 aromatic carbocycles. The predicted molar refractivity (Wildman–Crippen MR) is 87.6 cm³/mol. The third-order valence-electron chi connectivity index (χ3n) is 4.30. The Bertz CT molecular complexity index is 447. The first-order valence-electron chi connectivity index (χ1n) is 7.53. The largest absolute Gasteiger partial charge is 0.372 e. The van der Waals surface area contributed by atoms with Crippen LogP contribution in [0.5, 0.6) is 0 Å². The molecular formula is C16H26ClN3. The number of halogens is 1. The number of likely N-dealkylation sites (tertiary alicyclic amines) is 1. The molecule has 2 rings (SSSR count). The minimum absolute atomic E-state index is 0.0253. The van der Waals surface area contributed by atoms with Crippen LogP contribution in [0.4, 0.5) is 5.69 Å². The SMILES string of the molecule is CCN1CCCC1CN(C)c1ccc([C@@H](C)N)cc1Cl. The zero-order chi connectivity index (χ0) is 14.7. The molecule has 1 fully saturated rings. The lowest BCUT2D eigenvalue weighted by Gasteiger charge is -2.29. The molecule has 0 aromatic heterocycles. The molecule has 1 aliphatic rings. The minimum Gasteiger partial charge on any atom is -0.372 e. The van der Waals surface area contributed by atoms with Gasteiger partial charge in [-0.15, -0.1) is 0 Å². The summed E-state index contributed by atoms with van der Waals surface area (Å²) in [5.41, 5.74) is 8.08. The molecule has 20 heavy (non-hydrogen) atoms. The van der Waals surface area contributed by atoms with Gasteiger partial charge in [0, 0.05) is 25.7 Å². The maximum Gasteiger partial charge on any atom is 0.0642 e. The van der Waals surface area contributed by atoms with Gasteiger partial charge >= 0.3 is 0 Å². The van der Waals surface area contributed by atoms with Crippen molar-refractivity contribution < 1.29 is 0 Å². The van der Waals surface area contributed by atoms with Crippen molar-refractivity contribution >= 4 is 17.3 Å². The summed E-state index contributed by atoms with van der Waals surface area (Å²) in [4.78, 5) is 4.83. The second kappa shape index (κ2) is 6.79. The van der Waals surface area contributed by atoms with Gasteiger partial charge in [0.15, 0.2) is 0 Å². The first-order valence-corrected chi connectivity index (χ1v) is 7.91. The number of hydrogen-bond donors (Lipinski definition) is 1. The Labute approximate surface area is 127 Å². The van der Waals surface area contributed by atoms with E-state index < -0.39 is 0 Å². The molecule has 112 valence electrons. The van der Waals surface area contributed by atoms with Crippen molar-refractivity contribution in [3.8, 4) is 0 Å². The van der Waals surface area contributed by atoms with Crippen LogP contribution in [0.25, 0.3) is 0 Å². The molecule has 3 nitrogen and oxygen atoms in total. The van der Waals surface area contributed by atoms with Crippen molar-refractivity contribution in [2.24, 2.45) is 5.73 Å². The zero-order valence-electron chi connectivity index (χ0n) is 12.8. The standard InChI is InChI=1S/C16H26ClN3/c1-4-20-9-5-6-14(20)11-19(3)16-8-7-13(12(2)18)10-15(16)17/h7-8,10,12,14H,4-6,9,11,18H2,1-3H3/t12-,14?/m1/s1. The molecule has 0 radical (unpaired) electrons. The van der Waals surface area contributed by atoms with Crippen LogP contribution >= 0.6 is 11.6 Å². The fourth-order valence-corrected chi connectivity index (χ4v) is 3.38. The Kier molecular flexibility index (Phi) is 5.30. The summed E-state index contributed by atoms with van der Waals surface area (Å²) in [5.74, 6) is 0. The first-order chi connectivity index (χ1) is 9.52. The number of benzene rings is 1. The average Bonchev–Trinajstić information content (AvgIpc) is 2.85. The lowest BCUT2D eigenvalue weighted by molar-refractivity contribution is 0.270. The molecule has 4 heteroatoms. The summed E-state index contributed by atoms with van der Waals surface area (Å²) in [7, 11) is 2.12. The molecule has 0 bridgehead atoms. The molecular weight excluding hydrogens is 270 g/mol. The molecule has 2 atom stereocenters. The van der Waals surface area contributed by atoms with E-state index in [1.165, 1.54) is 19.4 Å².